The number of carbonyl (C=O) groups excluding carboxylic acids is 1. The lowest BCUT2D eigenvalue weighted by Gasteiger charge is -2.21. The van der Waals surface area contributed by atoms with Crippen LogP contribution in [0.25, 0.3) is 10.9 Å². The third kappa shape index (κ3) is 2.82. The van der Waals surface area contributed by atoms with Gasteiger partial charge in [0.15, 0.2) is 0 Å². The van der Waals surface area contributed by atoms with E-state index in [1.165, 1.54) is 10.9 Å². The number of hydrogen-bond acceptors (Lipinski definition) is 4. The molecule has 0 spiro atoms. The number of nitrogens with zero attached hydrogens (tertiary/aromatic N) is 3. The minimum atomic E-state index is -0.148. The molecule has 0 saturated carbocycles. The highest BCUT2D eigenvalue weighted by Crippen LogP contribution is 2.27. The van der Waals surface area contributed by atoms with Gasteiger partial charge in [-0.25, -0.2) is 4.98 Å². The van der Waals surface area contributed by atoms with Gasteiger partial charge >= 0.3 is 0 Å². The van der Waals surface area contributed by atoms with Gasteiger partial charge in [-0.15, -0.1) is 0 Å². The number of likely N-dealkylation sites (tertiary alicyclic amines) is 1. The van der Waals surface area contributed by atoms with Crippen LogP contribution in [-0.2, 0) is 11.3 Å². The summed E-state index contributed by atoms with van der Waals surface area (Å²) in [5, 5.41) is 4.00. The molecule has 126 valence electrons. The molecule has 2 aliphatic rings. The van der Waals surface area contributed by atoms with Crippen molar-refractivity contribution in [2.45, 2.75) is 19.4 Å². The van der Waals surface area contributed by atoms with Crippen molar-refractivity contribution in [3.63, 3.8) is 0 Å². The van der Waals surface area contributed by atoms with E-state index in [2.05, 4.69) is 10.3 Å². The summed E-state index contributed by atoms with van der Waals surface area (Å²) in [6, 6.07) is 7.24. The van der Waals surface area contributed by atoms with Crippen molar-refractivity contribution in [1.29, 1.82) is 0 Å². The second kappa shape index (κ2) is 6.36. The number of hydrogen-bond donors (Lipinski definition) is 1. The summed E-state index contributed by atoms with van der Waals surface area (Å²) in [7, 11) is 0. The highest BCUT2D eigenvalue weighted by Gasteiger charge is 2.31. The first kappa shape index (κ1) is 15.3. The van der Waals surface area contributed by atoms with Gasteiger partial charge in [0.2, 0.25) is 5.91 Å². The maximum absolute atomic E-state index is 12.7. The van der Waals surface area contributed by atoms with Crippen molar-refractivity contribution in [2.75, 3.05) is 26.2 Å². The normalized spacial score (nSPS) is 23.9. The SMILES string of the molecule is O=C(Cn1cnc2ccccc2c1=O)N1CC[C@@H]2CNC[C@@H]2CC1. The Morgan fingerprint density at radius 3 is 2.62 bits per heavy atom. The smallest absolute Gasteiger partial charge is 0.261 e. The minimum Gasteiger partial charge on any atom is -0.341 e. The number of rotatable bonds is 2. The van der Waals surface area contributed by atoms with E-state index in [9.17, 15) is 9.59 Å². The molecule has 1 N–H and O–H groups in total. The quantitative estimate of drug-likeness (QED) is 0.889. The predicted molar refractivity (Wildman–Crippen MR) is 91.7 cm³/mol. The van der Waals surface area contributed by atoms with E-state index in [0.29, 0.717) is 22.7 Å². The first-order valence-corrected chi connectivity index (χ1v) is 8.65. The van der Waals surface area contributed by atoms with E-state index in [1.54, 1.807) is 6.07 Å². The summed E-state index contributed by atoms with van der Waals surface area (Å²) < 4.78 is 1.43. The van der Waals surface area contributed by atoms with Crippen molar-refractivity contribution in [2.24, 2.45) is 11.8 Å². The summed E-state index contributed by atoms with van der Waals surface area (Å²) >= 11 is 0. The second-order valence-electron chi connectivity index (χ2n) is 6.83. The van der Waals surface area contributed by atoms with Crippen LogP contribution >= 0.6 is 0 Å². The van der Waals surface area contributed by atoms with Gasteiger partial charge < -0.3 is 10.2 Å². The maximum Gasteiger partial charge on any atom is 0.261 e. The average molecular weight is 326 g/mol. The number of carbonyl (C=O) groups is 1. The molecule has 6 heteroatoms. The average Bonchev–Trinajstić information content (AvgIpc) is 2.96. The van der Waals surface area contributed by atoms with E-state index in [1.807, 2.05) is 23.1 Å². The molecule has 1 amide bonds. The molecule has 0 radical (unpaired) electrons. The van der Waals surface area contributed by atoms with E-state index in [0.717, 1.165) is 39.0 Å². The minimum absolute atomic E-state index is 0.0158. The highest BCUT2D eigenvalue weighted by molar-refractivity contribution is 5.79. The van der Waals surface area contributed by atoms with Gasteiger partial charge in [0.05, 0.1) is 17.2 Å². The molecule has 1 aromatic heterocycles. The fraction of sp³-hybridized carbons (Fsp3) is 0.500. The highest BCUT2D eigenvalue weighted by atomic mass is 16.2. The molecule has 2 aromatic rings. The van der Waals surface area contributed by atoms with Gasteiger partial charge in [-0.3, -0.25) is 14.2 Å². The molecule has 3 heterocycles. The van der Waals surface area contributed by atoms with Gasteiger partial charge in [0, 0.05) is 13.1 Å². The molecule has 4 rings (SSSR count). The number of amides is 1. The van der Waals surface area contributed by atoms with E-state index in [4.69, 9.17) is 0 Å². The Labute approximate surface area is 140 Å². The van der Waals surface area contributed by atoms with Crippen LogP contribution in [0.2, 0.25) is 0 Å². The Morgan fingerprint density at radius 2 is 1.88 bits per heavy atom. The van der Waals surface area contributed by atoms with Crippen LogP contribution in [0.3, 0.4) is 0 Å². The summed E-state index contributed by atoms with van der Waals surface area (Å²) in [5.41, 5.74) is 0.520. The zero-order valence-electron chi connectivity index (χ0n) is 13.6. The van der Waals surface area contributed by atoms with Gasteiger partial charge in [-0.1, -0.05) is 12.1 Å². The van der Waals surface area contributed by atoms with Crippen LogP contribution in [0, 0.1) is 11.8 Å². The van der Waals surface area contributed by atoms with Crippen molar-refractivity contribution in [3.05, 3.63) is 40.9 Å². The van der Waals surface area contributed by atoms with E-state index in [-0.39, 0.29) is 18.0 Å². The standard InChI is InChI=1S/C18H22N4O2/c23-17(21-7-5-13-9-19-10-14(13)6-8-21)11-22-12-20-16-4-2-1-3-15(16)18(22)24/h1-4,12-14,19H,5-11H2/t13-,14+. The van der Waals surface area contributed by atoms with Crippen molar-refractivity contribution >= 4 is 16.8 Å². The van der Waals surface area contributed by atoms with Gasteiger partial charge in [0.1, 0.15) is 6.54 Å². The zero-order chi connectivity index (χ0) is 16.5. The number of fused-ring (bicyclic) bond motifs is 2. The number of nitrogens with one attached hydrogen (secondary N) is 1. The molecule has 2 saturated heterocycles. The summed E-state index contributed by atoms with van der Waals surface area (Å²) in [5.74, 6) is 1.39. The fourth-order valence-electron chi connectivity index (χ4n) is 3.93. The lowest BCUT2D eigenvalue weighted by Crippen LogP contribution is -2.37. The molecule has 1 aromatic carbocycles. The van der Waals surface area contributed by atoms with Crippen LogP contribution in [0.1, 0.15) is 12.8 Å². The molecule has 2 aliphatic heterocycles. The van der Waals surface area contributed by atoms with Crippen molar-refractivity contribution < 1.29 is 4.79 Å². The summed E-state index contributed by atoms with van der Waals surface area (Å²) in [6.45, 7) is 3.79. The Bertz CT molecular complexity index is 802. The van der Waals surface area contributed by atoms with Gasteiger partial charge in [0.25, 0.3) is 5.56 Å². The van der Waals surface area contributed by atoms with Crippen LogP contribution < -0.4 is 10.9 Å². The molecule has 2 atom stereocenters. The first-order chi connectivity index (χ1) is 11.7. The third-order valence-corrected chi connectivity index (χ3v) is 5.41. The zero-order valence-corrected chi connectivity index (χ0v) is 13.6. The van der Waals surface area contributed by atoms with Crippen LogP contribution in [0.4, 0.5) is 0 Å². The molecule has 0 aliphatic carbocycles. The van der Waals surface area contributed by atoms with Crippen LogP contribution in [0.15, 0.2) is 35.4 Å². The van der Waals surface area contributed by atoms with Gasteiger partial charge in [-0.2, -0.15) is 0 Å². The molecular weight excluding hydrogens is 304 g/mol. The first-order valence-electron chi connectivity index (χ1n) is 8.65. The van der Waals surface area contributed by atoms with Gasteiger partial charge in [-0.05, 0) is 49.9 Å². The lowest BCUT2D eigenvalue weighted by molar-refractivity contribution is -0.131. The Balaban J connectivity index is 1.50. The van der Waals surface area contributed by atoms with Crippen molar-refractivity contribution in [3.8, 4) is 0 Å². The molecule has 24 heavy (non-hydrogen) atoms. The Hall–Kier alpha value is -2.21. The Kier molecular flexibility index (Phi) is 4.06. The molecule has 0 unspecified atom stereocenters. The molecule has 0 bridgehead atoms. The fourth-order valence-corrected chi connectivity index (χ4v) is 3.93. The molecular formula is C18H22N4O2. The topological polar surface area (TPSA) is 67.2 Å². The van der Waals surface area contributed by atoms with E-state index >= 15 is 0 Å². The number of benzene rings is 1. The third-order valence-electron chi connectivity index (χ3n) is 5.41. The van der Waals surface area contributed by atoms with Crippen LogP contribution in [-0.4, -0.2) is 46.5 Å². The second-order valence-corrected chi connectivity index (χ2v) is 6.83. The van der Waals surface area contributed by atoms with Crippen LogP contribution in [0.5, 0.6) is 0 Å². The Morgan fingerprint density at radius 1 is 1.17 bits per heavy atom. The lowest BCUT2D eigenvalue weighted by atomic mass is 9.92. The molecule has 6 nitrogen and oxygen atoms in total. The summed E-state index contributed by atoms with van der Waals surface area (Å²) in [6.07, 6.45) is 3.58. The largest absolute Gasteiger partial charge is 0.341 e. The number of para-hydroxylation sites is 1. The summed E-state index contributed by atoms with van der Waals surface area (Å²) in [4.78, 5) is 31.4. The van der Waals surface area contributed by atoms with E-state index < -0.39 is 0 Å². The predicted octanol–water partition coefficient (Wildman–Crippen LogP) is 0.855. The monoisotopic (exact) mass is 326 g/mol. The maximum atomic E-state index is 12.7. The molecule has 2 fully saturated rings. The van der Waals surface area contributed by atoms with Crippen molar-refractivity contribution in [1.82, 2.24) is 19.8 Å². The number of aromatic nitrogens is 2.